The molecular weight excluding hydrogens is 282 g/mol. The molecule has 1 saturated heterocycles. The third-order valence-corrected chi connectivity index (χ3v) is 5.36. The van der Waals surface area contributed by atoms with Gasteiger partial charge in [-0.2, -0.15) is 17.0 Å². The Morgan fingerprint density at radius 2 is 1.95 bits per heavy atom. The number of methoxy groups -OCH3 is 1. The second kappa shape index (κ2) is 7.35. The molecule has 0 saturated carbocycles. The molecule has 0 aromatic carbocycles. The summed E-state index contributed by atoms with van der Waals surface area (Å²) in [5.74, 6) is -0.139. The maximum atomic E-state index is 12.0. The highest BCUT2D eigenvalue weighted by molar-refractivity contribution is 7.86. The highest BCUT2D eigenvalue weighted by Gasteiger charge is 2.32. The Kier molecular flexibility index (Phi) is 6.38. The zero-order chi connectivity index (χ0) is 15.3. The van der Waals surface area contributed by atoms with Crippen molar-refractivity contribution in [1.82, 2.24) is 13.9 Å². The molecule has 1 aliphatic heterocycles. The number of nitrogens with one attached hydrogen (secondary N) is 1. The van der Waals surface area contributed by atoms with Gasteiger partial charge in [-0.15, -0.1) is 0 Å². The first-order valence-corrected chi connectivity index (χ1v) is 8.15. The van der Waals surface area contributed by atoms with Crippen LogP contribution in [0.25, 0.3) is 0 Å². The SMILES string of the molecule is COC[C@@H](C)NC(=O)C1CCN(S(=O)(=O)N(C)C)CC1. The van der Waals surface area contributed by atoms with E-state index in [1.54, 1.807) is 7.11 Å². The molecule has 0 aromatic rings. The Morgan fingerprint density at radius 1 is 1.40 bits per heavy atom. The lowest BCUT2D eigenvalue weighted by molar-refractivity contribution is -0.127. The molecule has 0 unspecified atom stereocenters. The van der Waals surface area contributed by atoms with Gasteiger partial charge in [0.05, 0.1) is 6.61 Å². The van der Waals surface area contributed by atoms with E-state index >= 15 is 0 Å². The summed E-state index contributed by atoms with van der Waals surface area (Å²) in [4.78, 5) is 12.0. The predicted octanol–water partition coefficient (Wildman–Crippen LogP) is -0.344. The molecule has 1 aliphatic rings. The van der Waals surface area contributed by atoms with Crippen molar-refractivity contribution in [3.8, 4) is 0 Å². The number of hydrogen-bond donors (Lipinski definition) is 1. The molecule has 1 amide bonds. The number of piperidine rings is 1. The van der Waals surface area contributed by atoms with Crippen molar-refractivity contribution in [2.45, 2.75) is 25.8 Å². The van der Waals surface area contributed by atoms with Crippen LogP contribution in [0.2, 0.25) is 0 Å². The number of hydrogen-bond acceptors (Lipinski definition) is 4. The van der Waals surface area contributed by atoms with E-state index < -0.39 is 10.2 Å². The van der Waals surface area contributed by atoms with Crippen molar-refractivity contribution in [2.75, 3.05) is 40.9 Å². The number of amides is 1. The van der Waals surface area contributed by atoms with E-state index in [0.717, 1.165) is 0 Å². The smallest absolute Gasteiger partial charge is 0.281 e. The summed E-state index contributed by atoms with van der Waals surface area (Å²) in [6, 6.07) is -0.0314. The topological polar surface area (TPSA) is 79.0 Å². The first kappa shape index (κ1) is 17.4. The summed E-state index contributed by atoms with van der Waals surface area (Å²) in [5, 5.41) is 2.88. The minimum absolute atomic E-state index is 0.0172. The number of ether oxygens (including phenoxy) is 1. The van der Waals surface area contributed by atoms with Gasteiger partial charge in [0.25, 0.3) is 10.2 Å². The number of carbonyl (C=O) groups is 1. The fraction of sp³-hybridized carbons (Fsp3) is 0.917. The highest BCUT2D eigenvalue weighted by Crippen LogP contribution is 2.20. The van der Waals surface area contributed by atoms with E-state index in [9.17, 15) is 13.2 Å². The van der Waals surface area contributed by atoms with Crippen LogP contribution < -0.4 is 5.32 Å². The van der Waals surface area contributed by atoms with Gasteiger partial charge in [0.1, 0.15) is 0 Å². The largest absolute Gasteiger partial charge is 0.383 e. The average Bonchev–Trinajstić information content (AvgIpc) is 2.38. The van der Waals surface area contributed by atoms with Crippen molar-refractivity contribution < 1.29 is 17.9 Å². The van der Waals surface area contributed by atoms with E-state index in [1.165, 1.54) is 22.7 Å². The molecule has 118 valence electrons. The lowest BCUT2D eigenvalue weighted by Crippen LogP contribution is -2.48. The van der Waals surface area contributed by atoms with Crippen molar-refractivity contribution in [1.29, 1.82) is 0 Å². The molecule has 1 atom stereocenters. The highest BCUT2D eigenvalue weighted by atomic mass is 32.2. The zero-order valence-corrected chi connectivity index (χ0v) is 13.4. The standard InChI is InChI=1S/C12H25N3O4S/c1-10(9-19-4)13-12(16)11-5-7-15(8-6-11)20(17,18)14(2)3/h10-11H,5-9H2,1-4H3,(H,13,16)/t10-/m1/s1. The fourth-order valence-corrected chi connectivity index (χ4v) is 3.37. The molecule has 0 radical (unpaired) electrons. The average molecular weight is 307 g/mol. The molecule has 0 spiro atoms. The first-order valence-electron chi connectivity index (χ1n) is 6.76. The third-order valence-electron chi connectivity index (χ3n) is 3.42. The lowest BCUT2D eigenvalue weighted by Gasteiger charge is -2.32. The van der Waals surface area contributed by atoms with Crippen molar-refractivity contribution in [3.63, 3.8) is 0 Å². The summed E-state index contributed by atoms with van der Waals surface area (Å²) >= 11 is 0. The van der Waals surface area contributed by atoms with Crippen LogP contribution in [0.5, 0.6) is 0 Å². The van der Waals surface area contributed by atoms with Crippen molar-refractivity contribution in [3.05, 3.63) is 0 Å². The Labute approximate surface area is 121 Å². The Morgan fingerprint density at radius 3 is 2.40 bits per heavy atom. The molecule has 0 bridgehead atoms. The summed E-state index contributed by atoms with van der Waals surface area (Å²) in [5.41, 5.74) is 0. The first-order chi connectivity index (χ1) is 9.28. The molecule has 1 fully saturated rings. The maximum Gasteiger partial charge on any atom is 0.281 e. The van der Waals surface area contributed by atoms with Crippen LogP contribution in [-0.2, 0) is 19.7 Å². The molecule has 0 aromatic heterocycles. The van der Waals surface area contributed by atoms with Crippen LogP contribution in [0.4, 0.5) is 0 Å². The molecule has 0 aliphatic carbocycles. The van der Waals surface area contributed by atoms with Gasteiger partial charge in [0, 0.05) is 46.3 Å². The van der Waals surface area contributed by atoms with Gasteiger partial charge in [0.15, 0.2) is 0 Å². The van der Waals surface area contributed by atoms with Crippen molar-refractivity contribution >= 4 is 16.1 Å². The summed E-state index contributed by atoms with van der Waals surface area (Å²) in [7, 11) is 1.25. The van der Waals surface area contributed by atoms with Gasteiger partial charge in [-0.1, -0.05) is 0 Å². The Bertz CT molecular complexity index is 416. The van der Waals surface area contributed by atoms with Gasteiger partial charge in [-0.25, -0.2) is 0 Å². The van der Waals surface area contributed by atoms with Gasteiger partial charge >= 0.3 is 0 Å². The summed E-state index contributed by atoms with van der Waals surface area (Å²) in [6.45, 7) is 3.13. The number of rotatable bonds is 6. The second-order valence-corrected chi connectivity index (χ2v) is 7.47. The van der Waals surface area contributed by atoms with E-state index in [4.69, 9.17) is 4.74 Å². The molecule has 20 heavy (non-hydrogen) atoms. The Hall–Kier alpha value is -0.700. The normalized spacial score (nSPS) is 20.1. The molecule has 1 rings (SSSR count). The monoisotopic (exact) mass is 307 g/mol. The molecule has 8 heteroatoms. The number of carbonyl (C=O) groups excluding carboxylic acids is 1. The minimum atomic E-state index is -3.37. The Balaban J connectivity index is 2.48. The summed E-state index contributed by atoms with van der Waals surface area (Å²) < 4.78 is 31.5. The molecule has 7 nitrogen and oxygen atoms in total. The van der Waals surface area contributed by atoms with E-state index in [1.807, 2.05) is 6.92 Å². The van der Waals surface area contributed by atoms with Crippen LogP contribution >= 0.6 is 0 Å². The minimum Gasteiger partial charge on any atom is -0.383 e. The predicted molar refractivity (Wildman–Crippen MR) is 76.4 cm³/mol. The third kappa shape index (κ3) is 4.41. The van der Waals surface area contributed by atoms with Gasteiger partial charge in [0.2, 0.25) is 5.91 Å². The van der Waals surface area contributed by atoms with Crippen LogP contribution in [0.15, 0.2) is 0 Å². The molecular formula is C12H25N3O4S. The van der Waals surface area contributed by atoms with Gasteiger partial charge < -0.3 is 10.1 Å². The van der Waals surface area contributed by atoms with Crippen LogP contribution in [0, 0.1) is 5.92 Å². The van der Waals surface area contributed by atoms with Crippen LogP contribution in [0.3, 0.4) is 0 Å². The molecule has 1 heterocycles. The van der Waals surface area contributed by atoms with E-state index in [-0.39, 0.29) is 17.9 Å². The second-order valence-electron chi connectivity index (χ2n) is 5.33. The lowest BCUT2D eigenvalue weighted by atomic mass is 9.97. The van der Waals surface area contributed by atoms with Crippen molar-refractivity contribution in [2.24, 2.45) is 5.92 Å². The van der Waals surface area contributed by atoms with Gasteiger partial charge in [-0.3, -0.25) is 4.79 Å². The van der Waals surface area contributed by atoms with Gasteiger partial charge in [-0.05, 0) is 19.8 Å². The van der Waals surface area contributed by atoms with E-state index in [2.05, 4.69) is 5.32 Å². The fourth-order valence-electron chi connectivity index (χ4n) is 2.23. The maximum absolute atomic E-state index is 12.0. The van der Waals surface area contributed by atoms with E-state index in [0.29, 0.717) is 32.5 Å². The zero-order valence-electron chi connectivity index (χ0n) is 12.6. The number of nitrogens with zero attached hydrogens (tertiary/aromatic N) is 2. The summed E-state index contributed by atoms with van der Waals surface area (Å²) in [6.07, 6.45) is 1.11. The van der Waals surface area contributed by atoms with Crippen LogP contribution in [-0.4, -0.2) is 69.9 Å². The molecule has 1 N–H and O–H groups in total. The van der Waals surface area contributed by atoms with Crippen LogP contribution in [0.1, 0.15) is 19.8 Å². The quantitative estimate of drug-likeness (QED) is 0.728.